The molecular weight excluding hydrogens is 398 g/mol. The van der Waals surface area contributed by atoms with Crippen molar-refractivity contribution in [3.05, 3.63) is 70.6 Å². The number of amides is 1. The predicted octanol–water partition coefficient (Wildman–Crippen LogP) is 3.91. The lowest BCUT2D eigenvalue weighted by Crippen LogP contribution is -2.29. The summed E-state index contributed by atoms with van der Waals surface area (Å²) in [5.41, 5.74) is 1.79. The molecule has 0 aliphatic rings. The molecule has 148 valence electrons. The number of para-hydroxylation sites is 2. The third-order valence-corrected chi connectivity index (χ3v) is 5.16. The van der Waals surface area contributed by atoms with E-state index in [2.05, 4.69) is 10.4 Å². The van der Waals surface area contributed by atoms with Gasteiger partial charge in [-0.2, -0.15) is 13.9 Å². The molecule has 0 radical (unpaired) electrons. The highest BCUT2D eigenvalue weighted by molar-refractivity contribution is 7.99. The van der Waals surface area contributed by atoms with E-state index in [9.17, 15) is 18.4 Å². The van der Waals surface area contributed by atoms with Crippen LogP contribution in [0.4, 0.5) is 14.5 Å². The van der Waals surface area contributed by atoms with Crippen molar-refractivity contribution in [3.63, 3.8) is 0 Å². The minimum absolute atomic E-state index is 0.257. The number of carbonyl (C=O) groups excluding carboxylic acids is 1. The number of thioether (sulfide) groups is 1. The Bertz CT molecular complexity index is 1280. The van der Waals surface area contributed by atoms with Gasteiger partial charge < -0.3 is 5.32 Å². The number of aromatic nitrogens is 3. The van der Waals surface area contributed by atoms with Gasteiger partial charge in [-0.3, -0.25) is 14.2 Å². The molecule has 0 atom stereocenters. The molecular formula is C20H16F2N4O2S. The molecule has 0 fully saturated rings. The molecule has 2 aromatic heterocycles. The first kappa shape index (κ1) is 19.1. The van der Waals surface area contributed by atoms with E-state index in [4.69, 9.17) is 0 Å². The number of hydrogen-bond donors (Lipinski definition) is 1. The van der Waals surface area contributed by atoms with Crippen molar-refractivity contribution in [2.45, 2.75) is 24.1 Å². The number of alkyl halides is 2. The summed E-state index contributed by atoms with van der Waals surface area (Å²) >= 11 is 0.354. The number of hydrogen-bond acceptors (Lipinski definition) is 4. The Morgan fingerprint density at radius 3 is 2.69 bits per heavy atom. The van der Waals surface area contributed by atoms with E-state index >= 15 is 0 Å². The lowest BCUT2D eigenvalue weighted by atomic mass is 10.2. The summed E-state index contributed by atoms with van der Waals surface area (Å²) in [6.45, 7) is 1.53. The van der Waals surface area contributed by atoms with E-state index in [1.165, 1.54) is 10.6 Å². The topological polar surface area (TPSA) is 68.4 Å². The summed E-state index contributed by atoms with van der Waals surface area (Å²) in [5.74, 6) is -3.10. The number of nitrogens with zero attached hydrogens (tertiary/aromatic N) is 3. The number of rotatable bonds is 5. The van der Waals surface area contributed by atoms with Crippen molar-refractivity contribution in [2.75, 3.05) is 5.32 Å². The summed E-state index contributed by atoms with van der Waals surface area (Å²) in [7, 11) is 0. The van der Waals surface area contributed by atoms with Gasteiger partial charge in [0.1, 0.15) is 12.2 Å². The standard InChI is InChI=1S/C20H16F2N4O2S/c1-12-10-18-25(19(28)13-6-2-4-8-15(13)26(18)24-12)11-17(27)23-14-7-3-5-9-16(14)29-20(21)22/h2-10,20H,11H2,1H3,(H,23,27). The summed E-state index contributed by atoms with van der Waals surface area (Å²) < 4.78 is 28.5. The number of carbonyl (C=O) groups is 1. The van der Waals surface area contributed by atoms with Gasteiger partial charge in [-0.05, 0) is 31.2 Å². The van der Waals surface area contributed by atoms with E-state index in [1.54, 1.807) is 53.9 Å². The van der Waals surface area contributed by atoms with E-state index in [-0.39, 0.29) is 22.7 Å². The number of fused-ring (bicyclic) bond motifs is 3. The third kappa shape index (κ3) is 3.73. The van der Waals surface area contributed by atoms with Gasteiger partial charge in [0.25, 0.3) is 11.3 Å². The number of nitrogens with one attached hydrogen (secondary N) is 1. The van der Waals surface area contributed by atoms with Crippen LogP contribution >= 0.6 is 11.8 Å². The zero-order valence-electron chi connectivity index (χ0n) is 15.3. The van der Waals surface area contributed by atoms with Gasteiger partial charge in [-0.15, -0.1) is 0 Å². The Kier molecular flexibility index (Phi) is 5.06. The number of aryl methyl sites for hydroxylation is 1. The molecule has 0 spiro atoms. The van der Waals surface area contributed by atoms with Gasteiger partial charge in [-0.25, -0.2) is 4.52 Å². The van der Waals surface area contributed by atoms with E-state index in [0.29, 0.717) is 34.0 Å². The number of anilines is 1. The maximum absolute atomic E-state index is 13.0. The van der Waals surface area contributed by atoms with Crippen LogP contribution in [0.1, 0.15) is 5.69 Å². The van der Waals surface area contributed by atoms with E-state index in [1.807, 2.05) is 6.07 Å². The van der Waals surface area contributed by atoms with Gasteiger partial charge in [0.2, 0.25) is 5.91 Å². The normalized spacial score (nSPS) is 11.4. The second-order valence-corrected chi connectivity index (χ2v) is 7.42. The summed E-state index contributed by atoms with van der Waals surface area (Å²) in [5, 5.41) is 7.48. The Morgan fingerprint density at radius 2 is 1.90 bits per heavy atom. The number of halogens is 2. The molecule has 6 nitrogen and oxygen atoms in total. The fourth-order valence-electron chi connectivity index (χ4n) is 3.20. The van der Waals surface area contributed by atoms with Crippen LogP contribution < -0.4 is 10.9 Å². The van der Waals surface area contributed by atoms with Gasteiger partial charge in [0.05, 0.1) is 22.3 Å². The first-order chi connectivity index (χ1) is 13.9. The minimum Gasteiger partial charge on any atom is -0.324 e. The molecule has 0 bridgehead atoms. The zero-order chi connectivity index (χ0) is 20.5. The van der Waals surface area contributed by atoms with Crippen molar-refractivity contribution in [3.8, 4) is 0 Å². The van der Waals surface area contributed by atoms with Crippen molar-refractivity contribution in [2.24, 2.45) is 0 Å². The maximum atomic E-state index is 13.0. The number of benzene rings is 2. The average molecular weight is 414 g/mol. The van der Waals surface area contributed by atoms with Crippen LogP contribution in [0.5, 0.6) is 0 Å². The molecule has 0 aliphatic heterocycles. The minimum atomic E-state index is -2.61. The highest BCUT2D eigenvalue weighted by Crippen LogP contribution is 2.31. The Morgan fingerprint density at radius 1 is 1.17 bits per heavy atom. The van der Waals surface area contributed by atoms with Gasteiger partial charge in [-0.1, -0.05) is 36.0 Å². The molecule has 0 unspecified atom stereocenters. The molecule has 4 aromatic rings. The summed E-state index contributed by atoms with van der Waals surface area (Å²) in [4.78, 5) is 25.9. The molecule has 0 saturated carbocycles. The largest absolute Gasteiger partial charge is 0.324 e. The van der Waals surface area contributed by atoms with Gasteiger partial charge >= 0.3 is 0 Å². The van der Waals surface area contributed by atoms with Crippen LogP contribution in [-0.2, 0) is 11.3 Å². The molecule has 0 saturated heterocycles. The van der Waals surface area contributed by atoms with Gasteiger partial charge in [0, 0.05) is 11.0 Å². The third-order valence-electron chi connectivity index (χ3n) is 4.38. The Balaban J connectivity index is 1.72. The first-order valence-corrected chi connectivity index (χ1v) is 9.63. The van der Waals surface area contributed by atoms with E-state index in [0.717, 1.165) is 0 Å². The second-order valence-electron chi connectivity index (χ2n) is 6.39. The molecule has 1 amide bonds. The smallest absolute Gasteiger partial charge is 0.288 e. The lowest BCUT2D eigenvalue weighted by Gasteiger charge is -2.13. The van der Waals surface area contributed by atoms with Crippen LogP contribution in [0.2, 0.25) is 0 Å². The summed E-state index contributed by atoms with van der Waals surface area (Å²) in [6, 6.07) is 15.1. The van der Waals surface area contributed by atoms with Gasteiger partial charge in [0.15, 0.2) is 0 Å². The Labute approximate surface area is 168 Å². The van der Waals surface area contributed by atoms with Crippen molar-refractivity contribution in [1.29, 1.82) is 0 Å². The average Bonchev–Trinajstić information content (AvgIpc) is 3.08. The molecule has 9 heteroatoms. The molecule has 2 aromatic carbocycles. The van der Waals surface area contributed by atoms with Crippen LogP contribution in [0.25, 0.3) is 16.6 Å². The van der Waals surface area contributed by atoms with Crippen molar-refractivity contribution >= 4 is 39.9 Å². The Hall–Kier alpha value is -3.20. The quantitative estimate of drug-likeness (QED) is 0.503. The lowest BCUT2D eigenvalue weighted by molar-refractivity contribution is -0.116. The molecule has 1 N–H and O–H groups in total. The monoisotopic (exact) mass is 414 g/mol. The first-order valence-electron chi connectivity index (χ1n) is 8.75. The molecule has 2 heterocycles. The second kappa shape index (κ2) is 7.67. The molecule has 4 rings (SSSR count). The highest BCUT2D eigenvalue weighted by atomic mass is 32.2. The predicted molar refractivity (Wildman–Crippen MR) is 109 cm³/mol. The van der Waals surface area contributed by atoms with Crippen LogP contribution in [0.3, 0.4) is 0 Å². The SMILES string of the molecule is Cc1cc2n(CC(=O)Nc3ccccc3SC(F)F)c(=O)c3ccccc3n2n1. The fourth-order valence-corrected chi connectivity index (χ4v) is 3.79. The summed E-state index contributed by atoms with van der Waals surface area (Å²) in [6.07, 6.45) is 0. The van der Waals surface area contributed by atoms with Crippen molar-refractivity contribution < 1.29 is 13.6 Å². The zero-order valence-corrected chi connectivity index (χ0v) is 16.1. The van der Waals surface area contributed by atoms with Crippen LogP contribution in [0, 0.1) is 6.92 Å². The van der Waals surface area contributed by atoms with Crippen LogP contribution in [0.15, 0.2) is 64.3 Å². The van der Waals surface area contributed by atoms with E-state index < -0.39 is 11.7 Å². The van der Waals surface area contributed by atoms with Crippen molar-refractivity contribution in [1.82, 2.24) is 14.2 Å². The molecule has 29 heavy (non-hydrogen) atoms. The maximum Gasteiger partial charge on any atom is 0.288 e. The fraction of sp³-hybridized carbons (Fsp3) is 0.150. The molecule has 0 aliphatic carbocycles. The highest BCUT2D eigenvalue weighted by Gasteiger charge is 2.16. The van der Waals surface area contributed by atoms with Crippen LogP contribution in [-0.4, -0.2) is 25.8 Å².